The van der Waals surface area contributed by atoms with Crippen LogP contribution in [-0.4, -0.2) is 31.9 Å². The first-order valence-electron chi connectivity index (χ1n) is 7.80. The number of amides is 1. The van der Waals surface area contributed by atoms with Gasteiger partial charge in [-0.1, -0.05) is 18.2 Å². The Hall–Kier alpha value is -1.73. The molecule has 1 saturated heterocycles. The number of sulfone groups is 1. The summed E-state index contributed by atoms with van der Waals surface area (Å²) >= 11 is 1.89. The first-order valence-corrected chi connectivity index (χ1v) is 10.6. The van der Waals surface area contributed by atoms with E-state index in [1.165, 1.54) is 6.07 Å². The smallest absolute Gasteiger partial charge is 0.287 e. The summed E-state index contributed by atoms with van der Waals surface area (Å²) in [5, 5.41) is 2.95. The van der Waals surface area contributed by atoms with Gasteiger partial charge in [0, 0.05) is 6.04 Å². The van der Waals surface area contributed by atoms with E-state index in [1.807, 2.05) is 11.8 Å². The number of hydrogen-bond donors (Lipinski definition) is 1. The van der Waals surface area contributed by atoms with Gasteiger partial charge < -0.3 is 9.73 Å². The second-order valence-corrected chi connectivity index (χ2v) is 8.91. The van der Waals surface area contributed by atoms with Gasteiger partial charge in [0.2, 0.25) is 0 Å². The molecule has 5 nitrogen and oxygen atoms in total. The van der Waals surface area contributed by atoms with Crippen molar-refractivity contribution in [1.29, 1.82) is 0 Å². The minimum Gasteiger partial charge on any atom is -0.455 e. The van der Waals surface area contributed by atoms with Crippen LogP contribution >= 0.6 is 11.8 Å². The molecule has 24 heavy (non-hydrogen) atoms. The molecular weight excluding hydrogens is 346 g/mol. The quantitative estimate of drug-likeness (QED) is 0.882. The first kappa shape index (κ1) is 17.1. The van der Waals surface area contributed by atoms with Crippen LogP contribution in [0.15, 0.2) is 51.8 Å². The van der Waals surface area contributed by atoms with E-state index in [-0.39, 0.29) is 34.1 Å². The van der Waals surface area contributed by atoms with E-state index < -0.39 is 9.84 Å². The van der Waals surface area contributed by atoms with E-state index in [0.717, 1.165) is 24.3 Å². The van der Waals surface area contributed by atoms with Gasteiger partial charge in [-0.25, -0.2) is 8.42 Å². The average Bonchev–Trinajstić information content (AvgIpc) is 3.04. The molecule has 0 atom stereocenters. The van der Waals surface area contributed by atoms with Crippen molar-refractivity contribution in [3.8, 4) is 0 Å². The molecule has 1 aromatic heterocycles. The number of benzene rings is 1. The molecule has 0 saturated carbocycles. The highest BCUT2D eigenvalue weighted by molar-refractivity contribution is 7.99. The summed E-state index contributed by atoms with van der Waals surface area (Å²) in [6, 6.07) is 11.5. The number of furan rings is 1. The van der Waals surface area contributed by atoms with Gasteiger partial charge in [0.05, 0.1) is 4.90 Å². The molecule has 1 N–H and O–H groups in total. The molecule has 0 aliphatic carbocycles. The van der Waals surface area contributed by atoms with Crippen LogP contribution in [0.25, 0.3) is 0 Å². The molecule has 128 valence electrons. The normalized spacial score (nSPS) is 16.0. The molecular formula is C17H19NO4S2. The number of nitrogens with one attached hydrogen (secondary N) is 1. The Kier molecular flexibility index (Phi) is 5.30. The molecule has 0 unspecified atom stereocenters. The molecule has 0 spiro atoms. The predicted octanol–water partition coefficient (Wildman–Crippen LogP) is 2.88. The summed E-state index contributed by atoms with van der Waals surface area (Å²) < 4.78 is 30.1. The van der Waals surface area contributed by atoms with Crippen LogP contribution in [0.4, 0.5) is 0 Å². The van der Waals surface area contributed by atoms with Gasteiger partial charge in [-0.3, -0.25) is 4.79 Å². The average molecular weight is 365 g/mol. The Morgan fingerprint density at radius 3 is 2.54 bits per heavy atom. The van der Waals surface area contributed by atoms with Gasteiger partial charge in [-0.2, -0.15) is 11.8 Å². The summed E-state index contributed by atoms with van der Waals surface area (Å²) in [5.74, 6) is 1.97. The van der Waals surface area contributed by atoms with Crippen molar-refractivity contribution in [2.45, 2.75) is 29.5 Å². The van der Waals surface area contributed by atoms with E-state index in [4.69, 9.17) is 4.42 Å². The fourth-order valence-corrected chi connectivity index (χ4v) is 4.95. The Morgan fingerprint density at radius 1 is 1.12 bits per heavy atom. The maximum absolute atomic E-state index is 12.3. The van der Waals surface area contributed by atoms with Crippen LogP contribution in [0, 0.1) is 0 Å². The number of rotatable bonds is 5. The zero-order valence-electron chi connectivity index (χ0n) is 13.1. The van der Waals surface area contributed by atoms with E-state index in [2.05, 4.69) is 5.32 Å². The molecule has 1 aliphatic heterocycles. The number of carbonyl (C=O) groups excluding carboxylic acids is 1. The summed E-state index contributed by atoms with van der Waals surface area (Å²) in [6.45, 7) is 0. The van der Waals surface area contributed by atoms with Crippen LogP contribution in [0.1, 0.15) is 29.2 Å². The molecule has 0 radical (unpaired) electrons. The maximum atomic E-state index is 12.3. The third-order valence-electron chi connectivity index (χ3n) is 3.88. The standard InChI is InChI=1S/C17H19NO4S2/c19-17(18-13-8-10-23-11-9-13)16-7-6-14(22-16)12-24(20,21)15-4-2-1-3-5-15/h1-7,13H,8-12H2,(H,18,19). The van der Waals surface area contributed by atoms with E-state index in [1.54, 1.807) is 36.4 Å². The van der Waals surface area contributed by atoms with Gasteiger partial charge in [0.1, 0.15) is 11.5 Å². The highest BCUT2D eigenvalue weighted by Crippen LogP contribution is 2.20. The summed E-state index contributed by atoms with van der Waals surface area (Å²) in [6.07, 6.45) is 1.90. The lowest BCUT2D eigenvalue weighted by atomic mass is 10.1. The predicted molar refractivity (Wildman–Crippen MR) is 93.9 cm³/mol. The van der Waals surface area contributed by atoms with Crippen LogP contribution in [-0.2, 0) is 15.6 Å². The van der Waals surface area contributed by atoms with Crippen molar-refractivity contribution in [2.75, 3.05) is 11.5 Å². The molecule has 1 fully saturated rings. The molecule has 7 heteroatoms. The van der Waals surface area contributed by atoms with Crippen molar-refractivity contribution in [3.05, 3.63) is 54.0 Å². The number of hydrogen-bond acceptors (Lipinski definition) is 5. The van der Waals surface area contributed by atoms with Crippen LogP contribution in [0.5, 0.6) is 0 Å². The van der Waals surface area contributed by atoms with Crippen molar-refractivity contribution >= 4 is 27.5 Å². The zero-order chi connectivity index (χ0) is 17.0. The van der Waals surface area contributed by atoms with E-state index >= 15 is 0 Å². The molecule has 2 aromatic rings. The lowest BCUT2D eigenvalue weighted by molar-refractivity contribution is 0.0905. The summed E-state index contributed by atoms with van der Waals surface area (Å²) in [4.78, 5) is 12.4. The maximum Gasteiger partial charge on any atom is 0.287 e. The summed E-state index contributed by atoms with van der Waals surface area (Å²) in [7, 11) is -3.48. The van der Waals surface area contributed by atoms with Crippen LogP contribution in [0.3, 0.4) is 0 Å². The second kappa shape index (κ2) is 7.44. The summed E-state index contributed by atoms with van der Waals surface area (Å²) in [5.41, 5.74) is 0. The third-order valence-corrected chi connectivity index (χ3v) is 6.58. The Labute approximate surface area is 145 Å². The lowest BCUT2D eigenvalue weighted by Crippen LogP contribution is -2.37. The minimum atomic E-state index is -3.48. The van der Waals surface area contributed by atoms with E-state index in [9.17, 15) is 13.2 Å². The SMILES string of the molecule is O=C(NC1CCSCC1)c1ccc(CS(=O)(=O)c2ccccc2)o1. The van der Waals surface area contributed by atoms with Crippen LogP contribution < -0.4 is 5.32 Å². The van der Waals surface area contributed by atoms with Crippen molar-refractivity contribution < 1.29 is 17.6 Å². The first-order chi connectivity index (χ1) is 11.5. The number of carbonyl (C=O) groups is 1. The molecule has 1 amide bonds. The van der Waals surface area contributed by atoms with Crippen molar-refractivity contribution in [1.82, 2.24) is 5.32 Å². The largest absolute Gasteiger partial charge is 0.455 e. The van der Waals surface area contributed by atoms with Crippen LogP contribution in [0.2, 0.25) is 0 Å². The van der Waals surface area contributed by atoms with Gasteiger partial charge in [0.25, 0.3) is 5.91 Å². The molecule has 0 bridgehead atoms. The van der Waals surface area contributed by atoms with Gasteiger partial charge in [0.15, 0.2) is 15.6 Å². The van der Waals surface area contributed by atoms with E-state index in [0.29, 0.717) is 0 Å². The lowest BCUT2D eigenvalue weighted by Gasteiger charge is -2.21. The molecule has 2 heterocycles. The Morgan fingerprint density at radius 2 is 1.83 bits per heavy atom. The second-order valence-electron chi connectivity index (χ2n) is 5.70. The van der Waals surface area contributed by atoms with Gasteiger partial charge in [-0.15, -0.1) is 0 Å². The minimum absolute atomic E-state index is 0.159. The highest BCUT2D eigenvalue weighted by Gasteiger charge is 2.21. The topological polar surface area (TPSA) is 76.4 Å². The Balaban J connectivity index is 1.66. The fourth-order valence-electron chi connectivity index (χ4n) is 2.57. The zero-order valence-corrected chi connectivity index (χ0v) is 14.7. The number of thioether (sulfide) groups is 1. The van der Waals surface area contributed by atoms with Crippen molar-refractivity contribution in [3.63, 3.8) is 0 Å². The molecule has 1 aliphatic rings. The fraction of sp³-hybridized carbons (Fsp3) is 0.353. The van der Waals surface area contributed by atoms with Crippen molar-refractivity contribution in [2.24, 2.45) is 0 Å². The molecule has 1 aromatic carbocycles. The van der Waals surface area contributed by atoms with Gasteiger partial charge in [-0.05, 0) is 48.6 Å². The Bertz CT molecular complexity index is 793. The monoisotopic (exact) mass is 365 g/mol. The van der Waals surface area contributed by atoms with Gasteiger partial charge >= 0.3 is 0 Å². The molecule has 3 rings (SSSR count). The third kappa shape index (κ3) is 4.21. The highest BCUT2D eigenvalue weighted by atomic mass is 32.2.